The van der Waals surface area contributed by atoms with Gasteiger partial charge in [0.2, 0.25) is 0 Å². The molecular weight excluding hydrogens is 280 g/mol. The highest BCUT2D eigenvalue weighted by molar-refractivity contribution is 7.18. The Balaban J connectivity index is 1.83. The van der Waals surface area contributed by atoms with E-state index in [0.717, 1.165) is 24.2 Å². The molecular formula is C17H24N2OS. The highest BCUT2D eigenvalue weighted by Gasteiger charge is 2.31. The molecule has 2 aromatic rings. The van der Waals surface area contributed by atoms with Gasteiger partial charge in [0.15, 0.2) is 0 Å². The summed E-state index contributed by atoms with van der Waals surface area (Å²) in [7, 11) is 0. The SMILES string of the molecule is CCOc1ccc2nc(CC3(CN)CCCCC3)sc2c1. The number of ether oxygens (including phenoxy) is 1. The van der Waals surface area contributed by atoms with Crippen molar-refractivity contribution in [1.29, 1.82) is 0 Å². The Hall–Kier alpha value is -1.13. The van der Waals surface area contributed by atoms with Gasteiger partial charge in [-0.1, -0.05) is 19.3 Å². The monoisotopic (exact) mass is 304 g/mol. The summed E-state index contributed by atoms with van der Waals surface area (Å²) in [6.07, 6.45) is 7.53. The maximum absolute atomic E-state index is 6.10. The minimum atomic E-state index is 0.287. The third-order valence-electron chi connectivity index (χ3n) is 4.59. The van der Waals surface area contributed by atoms with E-state index in [1.54, 1.807) is 11.3 Å². The summed E-state index contributed by atoms with van der Waals surface area (Å²) in [4.78, 5) is 4.81. The largest absolute Gasteiger partial charge is 0.494 e. The van der Waals surface area contributed by atoms with E-state index in [1.807, 2.05) is 13.0 Å². The first kappa shape index (κ1) is 14.8. The van der Waals surface area contributed by atoms with Crippen LogP contribution in [0.5, 0.6) is 5.75 Å². The zero-order valence-corrected chi connectivity index (χ0v) is 13.5. The highest BCUT2D eigenvalue weighted by atomic mass is 32.1. The Morgan fingerprint density at radius 1 is 1.29 bits per heavy atom. The van der Waals surface area contributed by atoms with Crippen LogP contribution in [-0.4, -0.2) is 18.1 Å². The number of thiazole rings is 1. The number of aromatic nitrogens is 1. The fourth-order valence-corrected chi connectivity index (χ4v) is 4.53. The first-order chi connectivity index (χ1) is 10.2. The molecule has 4 heteroatoms. The zero-order valence-electron chi connectivity index (χ0n) is 12.7. The molecule has 1 heterocycles. The Labute approximate surface area is 130 Å². The molecule has 0 amide bonds. The molecule has 0 radical (unpaired) electrons. The van der Waals surface area contributed by atoms with Gasteiger partial charge < -0.3 is 10.5 Å². The van der Waals surface area contributed by atoms with E-state index < -0.39 is 0 Å². The van der Waals surface area contributed by atoms with Crippen molar-refractivity contribution in [3.8, 4) is 5.75 Å². The number of rotatable bonds is 5. The molecule has 0 atom stereocenters. The highest BCUT2D eigenvalue weighted by Crippen LogP contribution is 2.40. The van der Waals surface area contributed by atoms with E-state index >= 15 is 0 Å². The molecule has 3 rings (SSSR count). The van der Waals surface area contributed by atoms with Gasteiger partial charge in [-0.25, -0.2) is 4.98 Å². The second kappa shape index (κ2) is 6.32. The number of nitrogens with two attached hydrogens (primary N) is 1. The van der Waals surface area contributed by atoms with Gasteiger partial charge >= 0.3 is 0 Å². The van der Waals surface area contributed by atoms with Crippen LogP contribution in [0, 0.1) is 5.41 Å². The summed E-state index contributed by atoms with van der Waals surface area (Å²) in [5, 5.41) is 1.23. The predicted molar refractivity (Wildman–Crippen MR) is 89.1 cm³/mol. The Morgan fingerprint density at radius 2 is 2.10 bits per heavy atom. The minimum Gasteiger partial charge on any atom is -0.494 e. The van der Waals surface area contributed by atoms with Crippen LogP contribution in [0.2, 0.25) is 0 Å². The van der Waals surface area contributed by atoms with Crippen molar-refractivity contribution in [2.24, 2.45) is 11.1 Å². The lowest BCUT2D eigenvalue weighted by atomic mass is 9.72. The average molecular weight is 304 g/mol. The Bertz CT molecular complexity index is 602. The molecule has 1 aromatic heterocycles. The average Bonchev–Trinajstić information content (AvgIpc) is 2.90. The van der Waals surface area contributed by atoms with Gasteiger partial charge in [0, 0.05) is 6.42 Å². The smallest absolute Gasteiger partial charge is 0.120 e. The van der Waals surface area contributed by atoms with Gasteiger partial charge in [0.05, 0.1) is 21.8 Å². The molecule has 2 N–H and O–H groups in total. The van der Waals surface area contributed by atoms with Crippen molar-refractivity contribution in [3.63, 3.8) is 0 Å². The second-order valence-electron chi connectivity index (χ2n) is 6.11. The topological polar surface area (TPSA) is 48.1 Å². The van der Waals surface area contributed by atoms with Gasteiger partial charge in [-0.2, -0.15) is 0 Å². The number of hydrogen-bond donors (Lipinski definition) is 1. The van der Waals surface area contributed by atoms with E-state index in [1.165, 1.54) is 41.8 Å². The minimum absolute atomic E-state index is 0.287. The van der Waals surface area contributed by atoms with Crippen LogP contribution in [0.15, 0.2) is 18.2 Å². The molecule has 3 nitrogen and oxygen atoms in total. The summed E-state index contributed by atoms with van der Waals surface area (Å²) in [5.74, 6) is 0.936. The third kappa shape index (κ3) is 3.22. The molecule has 0 unspecified atom stereocenters. The lowest BCUT2D eigenvalue weighted by molar-refractivity contribution is 0.197. The van der Waals surface area contributed by atoms with Crippen molar-refractivity contribution in [2.45, 2.75) is 45.4 Å². The van der Waals surface area contributed by atoms with Gasteiger partial charge in [-0.15, -0.1) is 11.3 Å². The molecule has 114 valence electrons. The summed E-state index contributed by atoms with van der Waals surface area (Å²) in [6, 6.07) is 6.18. The third-order valence-corrected chi connectivity index (χ3v) is 5.61. The summed E-state index contributed by atoms with van der Waals surface area (Å²) >= 11 is 1.80. The van der Waals surface area contributed by atoms with E-state index in [2.05, 4.69) is 12.1 Å². The standard InChI is InChI=1S/C17H24N2OS/c1-2-20-13-6-7-14-15(10-13)21-16(19-14)11-17(12-18)8-4-3-5-9-17/h6-7,10H,2-5,8-9,11-12,18H2,1H3. The molecule has 1 aliphatic rings. The van der Waals surface area contributed by atoms with Crippen LogP contribution >= 0.6 is 11.3 Å². The maximum atomic E-state index is 6.10. The van der Waals surface area contributed by atoms with Crippen LogP contribution in [-0.2, 0) is 6.42 Å². The van der Waals surface area contributed by atoms with E-state index in [9.17, 15) is 0 Å². The number of fused-ring (bicyclic) bond motifs is 1. The van der Waals surface area contributed by atoms with Crippen LogP contribution in [0.4, 0.5) is 0 Å². The van der Waals surface area contributed by atoms with Crippen LogP contribution in [0.3, 0.4) is 0 Å². The van der Waals surface area contributed by atoms with Crippen molar-refractivity contribution in [3.05, 3.63) is 23.2 Å². The molecule has 1 aromatic carbocycles. The zero-order chi connectivity index (χ0) is 14.7. The van der Waals surface area contributed by atoms with Crippen molar-refractivity contribution >= 4 is 21.6 Å². The molecule has 0 spiro atoms. The van der Waals surface area contributed by atoms with Gasteiger partial charge in [0.25, 0.3) is 0 Å². The van der Waals surface area contributed by atoms with Crippen LogP contribution in [0.1, 0.15) is 44.0 Å². The molecule has 1 aliphatic carbocycles. The molecule has 21 heavy (non-hydrogen) atoms. The number of nitrogens with zero attached hydrogens (tertiary/aromatic N) is 1. The lowest BCUT2D eigenvalue weighted by Crippen LogP contribution is -2.34. The molecule has 1 fully saturated rings. The number of benzene rings is 1. The van der Waals surface area contributed by atoms with Gasteiger partial charge in [-0.3, -0.25) is 0 Å². The van der Waals surface area contributed by atoms with Gasteiger partial charge in [-0.05, 0) is 49.9 Å². The summed E-state index contributed by atoms with van der Waals surface area (Å²) in [5.41, 5.74) is 7.47. The first-order valence-corrected chi connectivity index (χ1v) is 8.79. The van der Waals surface area contributed by atoms with Crippen molar-refractivity contribution in [1.82, 2.24) is 4.98 Å². The van der Waals surface area contributed by atoms with E-state index in [0.29, 0.717) is 6.61 Å². The van der Waals surface area contributed by atoms with Crippen molar-refractivity contribution < 1.29 is 4.74 Å². The predicted octanol–water partition coefficient (Wildman–Crippen LogP) is 4.15. The summed E-state index contributed by atoms with van der Waals surface area (Å²) in [6.45, 7) is 3.50. The van der Waals surface area contributed by atoms with E-state index in [4.69, 9.17) is 15.5 Å². The lowest BCUT2D eigenvalue weighted by Gasteiger charge is -2.35. The molecule has 1 saturated carbocycles. The fourth-order valence-electron chi connectivity index (χ4n) is 3.36. The quantitative estimate of drug-likeness (QED) is 0.903. The van der Waals surface area contributed by atoms with Crippen LogP contribution < -0.4 is 10.5 Å². The van der Waals surface area contributed by atoms with E-state index in [-0.39, 0.29) is 5.41 Å². The fraction of sp³-hybridized carbons (Fsp3) is 0.588. The van der Waals surface area contributed by atoms with Crippen molar-refractivity contribution in [2.75, 3.05) is 13.2 Å². The molecule has 0 saturated heterocycles. The normalized spacial score (nSPS) is 18.0. The first-order valence-electron chi connectivity index (χ1n) is 7.97. The van der Waals surface area contributed by atoms with Gasteiger partial charge in [0.1, 0.15) is 5.75 Å². The Kier molecular flexibility index (Phi) is 4.45. The van der Waals surface area contributed by atoms with Crippen LogP contribution in [0.25, 0.3) is 10.2 Å². The number of hydrogen-bond acceptors (Lipinski definition) is 4. The second-order valence-corrected chi connectivity index (χ2v) is 7.23. The molecule has 0 aliphatic heterocycles. The Morgan fingerprint density at radius 3 is 2.81 bits per heavy atom. The summed E-state index contributed by atoms with van der Waals surface area (Å²) < 4.78 is 6.79. The maximum Gasteiger partial charge on any atom is 0.120 e. The molecule has 0 bridgehead atoms.